The summed E-state index contributed by atoms with van der Waals surface area (Å²) in [4.78, 5) is 41.6. The minimum atomic E-state index is -1.22. The Labute approximate surface area is 180 Å². The molecule has 0 saturated carbocycles. The molecule has 0 fully saturated rings. The third kappa shape index (κ3) is 5.54. The first-order valence-electron chi connectivity index (χ1n) is 9.75. The van der Waals surface area contributed by atoms with Gasteiger partial charge in [-0.25, -0.2) is 9.78 Å². The molecule has 0 aliphatic heterocycles. The second kappa shape index (κ2) is 10.2. The van der Waals surface area contributed by atoms with Crippen molar-refractivity contribution in [3.05, 3.63) is 89.6 Å². The molecule has 0 spiro atoms. The number of Topliss-reactive ketones (excluding diaryl/α,β-unsaturated/α-hetero) is 1. The van der Waals surface area contributed by atoms with Gasteiger partial charge in [0.25, 0.3) is 5.91 Å². The summed E-state index contributed by atoms with van der Waals surface area (Å²) in [5, 5.41) is 2.72. The van der Waals surface area contributed by atoms with E-state index in [2.05, 4.69) is 10.3 Å². The van der Waals surface area contributed by atoms with Gasteiger partial charge in [0.2, 0.25) is 12.0 Å². The summed E-state index contributed by atoms with van der Waals surface area (Å²) in [6.07, 6.45) is 0.287. The van der Waals surface area contributed by atoms with Gasteiger partial charge in [0.15, 0.2) is 5.78 Å². The lowest BCUT2D eigenvalue weighted by atomic mass is 10.1. The average molecular weight is 418 g/mol. The number of aromatic nitrogens is 1. The summed E-state index contributed by atoms with van der Waals surface area (Å²) in [6, 6.07) is 18.3. The SMILES string of the molecule is CCOc1ncccc1C(=O)OC(C(=O)Nc1cccc(C(C)=O)c1)c1ccccc1. The van der Waals surface area contributed by atoms with E-state index in [0.29, 0.717) is 23.4 Å². The number of nitrogens with one attached hydrogen (secondary N) is 1. The van der Waals surface area contributed by atoms with Gasteiger partial charge in [0.05, 0.1) is 6.61 Å². The van der Waals surface area contributed by atoms with Crippen molar-refractivity contribution in [1.29, 1.82) is 0 Å². The average Bonchev–Trinajstić information content (AvgIpc) is 2.78. The highest BCUT2D eigenvalue weighted by molar-refractivity contribution is 6.00. The summed E-state index contributed by atoms with van der Waals surface area (Å²) in [7, 11) is 0. The molecule has 158 valence electrons. The maximum atomic E-state index is 13.1. The number of hydrogen-bond acceptors (Lipinski definition) is 6. The summed E-state index contributed by atoms with van der Waals surface area (Å²) in [6.45, 7) is 3.55. The number of anilines is 1. The minimum absolute atomic E-state index is 0.122. The predicted octanol–water partition coefficient (Wildman–Crippen LogP) is 4.22. The standard InChI is InChI=1S/C24H22N2O5/c1-3-30-23-20(13-8-14-25-23)24(29)31-21(17-9-5-4-6-10-17)22(28)26-19-12-7-11-18(15-19)16(2)27/h4-15,21H,3H2,1-2H3,(H,26,28). The van der Waals surface area contributed by atoms with Crippen LogP contribution in [-0.2, 0) is 9.53 Å². The Morgan fingerprint density at radius 1 is 1.00 bits per heavy atom. The van der Waals surface area contributed by atoms with Crippen LogP contribution in [0.15, 0.2) is 72.9 Å². The Balaban J connectivity index is 1.87. The van der Waals surface area contributed by atoms with Crippen molar-refractivity contribution in [2.45, 2.75) is 20.0 Å². The first-order chi connectivity index (χ1) is 15.0. The van der Waals surface area contributed by atoms with Crippen molar-refractivity contribution in [3.8, 4) is 5.88 Å². The second-order valence-corrected chi connectivity index (χ2v) is 6.61. The molecule has 1 unspecified atom stereocenters. The van der Waals surface area contributed by atoms with E-state index in [4.69, 9.17) is 9.47 Å². The number of ketones is 1. The number of carbonyl (C=O) groups is 3. The Bertz CT molecular complexity index is 1080. The second-order valence-electron chi connectivity index (χ2n) is 6.61. The zero-order valence-corrected chi connectivity index (χ0v) is 17.2. The number of amides is 1. The van der Waals surface area contributed by atoms with Gasteiger partial charge in [0.1, 0.15) is 5.56 Å². The normalized spacial score (nSPS) is 11.3. The Morgan fingerprint density at radius 3 is 2.48 bits per heavy atom. The van der Waals surface area contributed by atoms with Crippen molar-refractivity contribution in [3.63, 3.8) is 0 Å². The fraction of sp³-hybridized carbons (Fsp3) is 0.167. The number of hydrogen-bond donors (Lipinski definition) is 1. The van der Waals surface area contributed by atoms with E-state index in [9.17, 15) is 14.4 Å². The largest absolute Gasteiger partial charge is 0.477 e. The third-order valence-corrected chi connectivity index (χ3v) is 4.37. The monoisotopic (exact) mass is 418 g/mol. The summed E-state index contributed by atoms with van der Waals surface area (Å²) in [5.74, 6) is -1.28. The molecule has 3 rings (SSSR count). The number of benzene rings is 2. The topological polar surface area (TPSA) is 94.6 Å². The van der Waals surface area contributed by atoms with Crippen LogP contribution in [0.25, 0.3) is 0 Å². The zero-order chi connectivity index (χ0) is 22.2. The highest BCUT2D eigenvalue weighted by Gasteiger charge is 2.27. The van der Waals surface area contributed by atoms with E-state index >= 15 is 0 Å². The van der Waals surface area contributed by atoms with Crippen LogP contribution in [0.5, 0.6) is 5.88 Å². The first-order valence-corrected chi connectivity index (χ1v) is 9.75. The summed E-state index contributed by atoms with van der Waals surface area (Å²) < 4.78 is 11.0. The van der Waals surface area contributed by atoms with Crippen molar-refractivity contribution in [2.75, 3.05) is 11.9 Å². The van der Waals surface area contributed by atoms with E-state index in [1.807, 2.05) is 0 Å². The smallest absolute Gasteiger partial charge is 0.344 e. The van der Waals surface area contributed by atoms with Crippen molar-refractivity contribution in [2.24, 2.45) is 0 Å². The first kappa shape index (κ1) is 21.7. The third-order valence-electron chi connectivity index (χ3n) is 4.37. The molecule has 1 aromatic heterocycles. The lowest BCUT2D eigenvalue weighted by molar-refractivity contribution is -0.125. The van der Waals surface area contributed by atoms with E-state index in [-0.39, 0.29) is 17.2 Å². The zero-order valence-electron chi connectivity index (χ0n) is 17.2. The molecule has 1 N–H and O–H groups in total. The molecule has 1 atom stereocenters. The highest BCUT2D eigenvalue weighted by Crippen LogP contribution is 2.24. The summed E-state index contributed by atoms with van der Waals surface area (Å²) in [5.41, 5.74) is 1.50. The maximum Gasteiger partial charge on any atom is 0.344 e. The van der Waals surface area contributed by atoms with Crippen LogP contribution in [0.3, 0.4) is 0 Å². The molecular formula is C24H22N2O5. The Kier molecular flexibility index (Phi) is 7.11. The lowest BCUT2D eigenvalue weighted by Crippen LogP contribution is -2.26. The van der Waals surface area contributed by atoms with Crippen LogP contribution in [-0.4, -0.2) is 29.3 Å². The van der Waals surface area contributed by atoms with E-state index in [0.717, 1.165) is 0 Å². The molecule has 2 aromatic carbocycles. The Hall–Kier alpha value is -4.00. The van der Waals surface area contributed by atoms with Crippen molar-refractivity contribution in [1.82, 2.24) is 4.98 Å². The molecule has 0 radical (unpaired) electrons. The lowest BCUT2D eigenvalue weighted by Gasteiger charge is -2.19. The molecule has 7 heteroatoms. The van der Waals surface area contributed by atoms with Gasteiger partial charge in [-0.3, -0.25) is 9.59 Å². The highest BCUT2D eigenvalue weighted by atomic mass is 16.6. The van der Waals surface area contributed by atoms with Crippen LogP contribution in [0, 0.1) is 0 Å². The minimum Gasteiger partial charge on any atom is -0.477 e. The number of rotatable bonds is 8. The van der Waals surface area contributed by atoms with Gasteiger partial charge in [-0.1, -0.05) is 42.5 Å². The van der Waals surface area contributed by atoms with Crippen molar-refractivity contribution < 1.29 is 23.9 Å². The predicted molar refractivity (Wildman–Crippen MR) is 115 cm³/mol. The van der Waals surface area contributed by atoms with E-state index < -0.39 is 18.0 Å². The molecule has 7 nitrogen and oxygen atoms in total. The van der Waals surface area contributed by atoms with Gasteiger partial charge in [-0.05, 0) is 38.1 Å². The summed E-state index contributed by atoms with van der Waals surface area (Å²) >= 11 is 0. The van der Waals surface area contributed by atoms with Crippen molar-refractivity contribution >= 4 is 23.3 Å². The van der Waals surface area contributed by atoms with E-state index in [1.165, 1.54) is 19.2 Å². The quantitative estimate of drug-likeness (QED) is 0.435. The number of pyridine rings is 1. The molecule has 3 aromatic rings. The number of nitrogens with zero attached hydrogens (tertiary/aromatic N) is 1. The Morgan fingerprint density at radius 2 is 1.77 bits per heavy atom. The molecule has 31 heavy (non-hydrogen) atoms. The maximum absolute atomic E-state index is 13.1. The molecule has 0 aliphatic rings. The van der Waals surface area contributed by atoms with Gasteiger partial charge < -0.3 is 14.8 Å². The van der Waals surface area contributed by atoms with Crippen LogP contribution in [0.1, 0.15) is 46.2 Å². The van der Waals surface area contributed by atoms with Crippen LogP contribution >= 0.6 is 0 Å². The van der Waals surface area contributed by atoms with Crippen LogP contribution in [0.4, 0.5) is 5.69 Å². The van der Waals surface area contributed by atoms with E-state index in [1.54, 1.807) is 67.6 Å². The van der Waals surface area contributed by atoms with Crippen LogP contribution < -0.4 is 10.1 Å². The molecule has 1 amide bonds. The number of esters is 1. The molecule has 0 saturated heterocycles. The number of carbonyl (C=O) groups excluding carboxylic acids is 3. The molecule has 0 bridgehead atoms. The fourth-order valence-corrected chi connectivity index (χ4v) is 2.89. The number of ether oxygens (including phenoxy) is 2. The molecule has 0 aliphatic carbocycles. The van der Waals surface area contributed by atoms with Gasteiger partial charge >= 0.3 is 5.97 Å². The van der Waals surface area contributed by atoms with Gasteiger partial charge in [0, 0.05) is 23.0 Å². The van der Waals surface area contributed by atoms with Gasteiger partial charge in [-0.2, -0.15) is 0 Å². The molecule has 1 heterocycles. The molecular weight excluding hydrogens is 396 g/mol. The fourth-order valence-electron chi connectivity index (χ4n) is 2.89. The van der Waals surface area contributed by atoms with Crippen LogP contribution in [0.2, 0.25) is 0 Å². The van der Waals surface area contributed by atoms with Gasteiger partial charge in [-0.15, -0.1) is 0 Å².